The van der Waals surface area contributed by atoms with Gasteiger partial charge in [0.05, 0.1) is 4.34 Å². The Hall–Kier alpha value is -1.86. The molecule has 2 N–H and O–H groups in total. The number of aliphatic imine (C=N–C) groups is 1. The lowest BCUT2D eigenvalue weighted by Gasteiger charge is -2.19. The topological polar surface area (TPSA) is 52.6 Å². The van der Waals surface area contributed by atoms with Crippen LogP contribution in [0.25, 0.3) is 0 Å². The maximum atomic E-state index is 13.9. The molecule has 0 radical (unpaired) electrons. The highest BCUT2D eigenvalue weighted by molar-refractivity contribution is 7.16. The van der Waals surface area contributed by atoms with Crippen LogP contribution in [0.2, 0.25) is 4.34 Å². The van der Waals surface area contributed by atoms with Crippen LogP contribution >= 0.6 is 22.9 Å². The fourth-order valence-electron chi connectivity index (χ4n) is 2.96. The minimum atomic E-state index is -0.275. The molecule has 0 aliphatic carbocycles. The molecule has 1 saturated heterocycles. The van der Waals surface area contributed by atoms with Crippen molar-refractivity contribution in [3.63, 3.8) is 0 Å². The molecule has 3 heterocycles. The summed E-state index contributed by atoms with van der Waals surface area (Å²) in [5, 5.41) is 6.73. The van der Waals surface area contributed by atoms with Crippen molar-refractivity contribution in [2.75, 3.05) is 31.1 Å². The smallest absolute Gasteiger partial charge is 0.191 e. The first-order chi connectivity index (χ1) is 12.7. The molecule has 1 aliphatic heterocycles. The van der Waals surface area contributed by atoms with Crippen LogP contribution in [-0.2, 0) is 6.42 Å². The summed E-state index contributed by atoms with van der Waals surface area (Å²) in [6.45, 7) is 5.01. The number of nitrogens with one attached hydrogen (secondary N) is 2. The normalized spacial score (nSPS) is 17.6. The second kappa shape index (κ2) is 9.19. The average molecular weight is 396 g/mol. The van der Waals surface area contributed by atoms with Gasteiger partial charge in [-0.25, -0.2) is 9.37 Å². The molecule has 1 atom stereocenters. The summed E-state index contributed by atoms with van der Waals surface area (Å²) < 4.78 is 14.7. The monoisotopic (exact) mass is 395 g/mol. The minimum absolute atomic E-state index is 0.213. The van der Waals surface area contributed by atoms with Gasteiger partial charge in [-0.2, -0.15) is 0 Å². The summed E-state index contributed by atoms with van der Waals surface area (Å²) in [7, 11) is 0. The van der Waals surface area contributed by atoms with Crippen LogP contribution in [0.5, 0.6) is 0 Å². The number of hydrogen-bond acceptors (Lipinski definition) is 4. The number of rotatable bonds is 6. The van der Waals surface area contributed by atoms with Gasteiger partial charge in [-0.1, -0.05) is 11.6 Å². The molecule has 2 aromatic rings. The van der Waals surface area contributed by atoms with Crippen molar-refractivity contribution in [2.45, 2.75) is 25.8 Å². The molecule has 26 heavy (non-hydrogen) atoms. The Morgan fingerprint density at radius 2 is 2.35 bits per heavy atom. The lowest BCUT2D eigenvalue weighted by molar-refractivity contribution is 0.612. The van der Waals surface area contributed by atoms with Gasteiger partial charge in [0.2, 0.25) is 0 Å². The highest BCUT2D eigenvalue weighted by Gasteiger charge is 2.25. The largest absolute Gasteiger partial charge is 0.357 e. The van der Waals surface area contributed by atoms with E-state index in [-0.39, 0.29) is 11.9 Å². The summed E-state index contributed by atoms with van der Waals surface area (Å²) in [4.78, 5) is 12.0. The van der Waals surface area contributed by atoms with Gasteiger partial charge in [0.1, 0.15) is 0 Å². The Balaban J connectivity index is 1.54. The maximum absolute atomic E-state index is 13.9. The third-order valence-corrected chi connectivity index (χ3v) is 5.46. The Labute approximate surface area is 162 Å². The van der Waals surface area contributed by atoms with Crippen LogP contribution in [0, 0.1) is 5.82 Å². The van der Waals surface area contributed by atoms with Crippen molar-refractivity contribution < 1.29 is 4.39 Å². The maximum Gasteiger partial charge on any atom is 0.191 e. The van der Waals surface area contributed by atoms with Crippen LogP contribution in [0.4, 0.5) is 10.2 Å². The molecule has 0 aromatic carbocycles. The van der Waals surface area contributed by atoms with Crippen molar-refractivity contribution >= 4 is 34.7 Å². The van der Waals surface area contributed by atoms with Crippen LogP contribution in [0.15, 0.2) is 35.5 Å². The Kier molecular flexibility index (Phi) is 6.68. The van der Waals surface area contributed by atoms with E-state index in [4.69, 9.17) is 11.6 Å². The van der Waals surface area contributed by atoms with Crippen molar-refractivity contribution in [3.05, 3.63) is 45.5 Å². The van der Waals surface area contributed by atoms with Crippen LogP contribution < -0.4 is 15.5 Å². The number of halogens is 2. The SMILES string of the molecule is CCNC(=NCCc1ccc(Cl)s1)NC1CCN(c2ncccc2F)C1. The predicted molar refractivity (Wildman–Crippen MR) is 107 cm³/mol. The molecular formula is C18H23ClFN5S. The average Bonchev–Trinajstić information content (AvgIpc) is 3.25. The van der Waals surface area contributed by atoms with Crippen molar-refractivity contribution in [2.24, 2.45) is 4.99 Å². The van der Waals surface area contributed by atoms with Gasteiger partial charge in [-0.15, -0.1) is 11.3 Å². The first-order valence-electron chi connectivity index (χ1n) is 8.80. The summed E-state index contributed by atoms with van der Waals surface area (Å²) in [6.07, 6.45) is 3.41. The van der Waals surface area contributed by atoms with Crippen molar-refractivity contribution in [3.8, 4) is 0 Å². The fourth-order valence-corrected chi connectivity index (χ4v) is 4.03. The molecule has 0 saturated carbocycles. The molecule has 3 rings (SSSR count). The number of guanidine groups is 1. The van der Waals surface area contributed by atoms with Gasteiger partial charge in [0.25, 0.3) is 0 Å². The summed E-state index contributed by atoms with van der Waals surface area (Å²) in [6, 6.07) is 7.23. The molecule has 1 aliphatic rings. The number of aromatic nitrogens is 1. The summed E-state index contributed by atoms with van der Waals surface area (Å²) >= 11 is 7.55. The predicted octanol–water partition coefficient (Wildman–Crippen LogP) is 3.31. The Morgan fingerprint density at radius 3 is 3.08 bits per heavy atom. The van der Waals surface area contributed by atoms with E-state index >= 15 is 0 Å². The third kappa shape index (κ3) is 5.08. The number of nitrogens with zero attached hydrogens (tertiary/aromatic N) is 3. The molecule has 0 bridgehead atoms. The molecule has 2 aromatic heterocycles. The fraction of sp³-hybridized carbons (Fsp3) is 0.444. The number of hydrogen-bond donors (Lipinski definition) is 2. The van der Waals surface area contributed by atoms with Gasteiger partial charge in [-0.05, 0) is 37.6 Å². The number of pyridine rings is 1. The van der Waals surface area contributed by atoms with E-state index in [1.54, 1.807) is 23.6 Å². The van der Waals surface area contributed by atoms with E-state index in [9.17, 15) is 4.39 Å². The van der Waals surface area contributed by atoms with E-state index in [0.717, 1.165) is 36.2 Å². The Morgan fingerprint density at radius 1 is 1.46 bits per heavy atom. The van der Waals surface area contributed by atoms with E-state index in [1.165, 1.54) is 10.9 Å². The van der Waals surface area contributed by atoms with Crippen LogP contribution in [-0.4, -0.2) is 43.2 Å². The summed E-state index contributed by atoms with van der Waals surface area (Å²) in [5.41, 5.74) is 0. The highest BCUT2D eigenvalue weighted by Crippen LogP contribution is 2.22. The quantitative estimate of drug-likeness (QED) is 0.582. The van der Waals surface area contributed by atoms with Gasteiger partial charge in [0, 0.05) is 49.7 Å². The lowest BCUT2D eigenvalue weighted by Crippen LogP contribution is -2.44. The third-order valence-electron chi connectivity index (χ3n) is 4.17. The van der Waals surface area contributed by atoms with Gasteiger partial charge in [-0.3, -0.25) is 4.99 Å². The molecule has 1 unspecified atom stereocenters. The van der Waals surface area contributed by atoms with Gasteiger partial charge < -0.3 is 15.5 Å². The van der Waals surface area contributed by atoms with E-state index in [2.05, 4.69) is 20.6 Å². The van der Waals surface area contributed by atoms with E-state index in [1.807, 2.05) is 24.0 Å². The molecule has 0 spiro atoms. The highest BCUT2D eigenvalue weighted by atomic mass is 35.5. The standard InChI is InChI=1S/C18H23ClFN5S/c1-2-21-18(23-10-7-14-5-6-16(19)26-14)24-13-8-11-25(12-13)17-15(20)4-3-9-22-17/h3-6,9,13H,2,7-8,10-12H2,1H3,(H2,21,23,24). The van der Waals surface area contributed by atoms with E-state index < -0.39 is 0 Å². The van der Waals surface area contributed by atoms with Crippen molar-refractivity contribution in [1.29, 1.82) is 0 Å². The summed E-state index contributed by atoms with van der Waals surface area (Å²) in [5.74, 6) is 0.945. The first kappa shape index (κ1) is 18.9. The molecule has 140 valence electrons. The van der Waals surface area contributed by atoms with Gasteiger partial charge in [0.15, 0.2) is 17.6 Å². The molecule has 8 heteroatoms. The molecular weight excluding hydrogens is 373 g/mol. The molecule has 1 fully saturated rings. The first-order valence-corrected chi connectivity index (χ1v) is 9.99. The van der Waals surface area contributed by atoms with E-state index in [0.29, 0.717) is 18.9 Å². The second-order valence-electron chi connectivity index (χ2n) is 6.10. The van der Waals surface area contributed by atoms with Gasteiger partial charge >= 0.3 is 0 Å². The lowest BCUT2D eigenvalue weighted by atomic mass is 10.3. The second-order valence-corrected chi connectivity index (χ2v) is 7.90. The number of anilines is 1. The minimum Gasteiger partial charge on any atom is -0.357 e. The molecule has 0 amide bonds. The zero-order chi connectivity index (χ0) is 18.4. The van der Waals surface area contributed by atoms with Crippen molar-refractivity contribution in [1.82, 2.24) is 15.6 Å². The zero-order valence-corrected chi connectivity index (χ0v) is 16.3. The van der Waals surface area contributed by atoms with Crippen LogP contribution in [0.3, 0.4) is 0 Å². The Bertz CT molecular complexity index is 751. The number of thiophene rings is 1. The molecule has 5 nitrogen and oxygen atoms in total. The zero-order valence-electron chi connectivity index (χ0n) is 14.7. The van der Waals surface area contributed by atoms with Crippen LogP contribution in [0.1, 0.15) is 18.2 Å².